The second kappa shape index (κ2) is 9.86. The zero-order valence-corrected chi connectivity index (χ0v) is 18.2. The second-order valence-corrected chi connectivity index (χ2v) is 8.24. The van der Waals surface area contributed by atoms with Crippen molar-refractivity contribution in [1.29, 1.82) is 0 Å². The number of amides is 2. The van der Waals surface area contributed by atoms with Crippen molar-refractivity contribution in [1.82, 2.24) is 0 Å². The van der Waals surface area contributed by atoms with Crippen LogP contribution in [-0.4, -0.2) is 38.1 Å². The first-order valence-electron chi connectivity index (χ1n) is 11.3. The highest BCUT2D eigenvalue weighted by Gasteiger charge is 2.35. The second-order valence-electron chi connectivity index (χ2n) is 8.24. The molecule has 2 aromatic rings. The average molecular weight is 422 g/mol. The minimum atomic E-state index is -0.365. The number of benzene rings is 2. The molecule has 164 valence electrons. The lowest BCUT2D eigenvalue weighted by atomic mass is 10.1. The van der Waals surface area contributed by atoms with E-state index in [4.69, 9.17) is 4.74 Å². The van der Waals surface area contributed by atoms with Crippen molar-refractivity contribution in [3.63, 3.8) is 0 Å². The number of rotatable bonds is 6. The van der Waals surface area contributed by atoms with E-state index < -0.39 is 0 Å². The number of nitrogens with zero attached hydrogens (tertiary/aromatic N) is 2. The standard InChI is InChI=1S/C25H31N3O3/c1-2-31-21-13-11-20(12-14-21)28-18-19(17-24(28)29)25(30)26-22-9-5-6-10-23(22)27-15-7-3-4-8-16-27/h5-6,9-14,19H,2-4,7-8,15-18H2,1H3,(H,26,30). The predicted molar refractivity (Wildman–Crippen MR) is 124 cm³/mol. The third kappa shape index (κ3) is 5.01. The van der Waals surface area contributed by atoms with Crippen LogP contribution in [0.1, 0.15) is 39.0 Å². The highest BCUT2D eigenvalue weighted by molar-refractivity contribution is 6.04. The van der Waals surface area contributed by atoms with Crippen LogP contribution in [0.15, 0.2) is 48.5 Å². The highest BCUT2D eigenvalue weighted by atomic mass is 16.5. The molecule has 0 spiro atoms. The molecule has 4 rings (SSSR count). The van der Waals surface area contributed by atoms with Gasteiger partial charge >= 0.3 is 0 Å². The first-order valence-corrected chi connectivity index (χ1v) is 11.3. The highest BCUT2D eigenvalue weighted by Crippen LogP contribution is 2.31. The molecule has 2 aliphatic heterocycles. The molecule has 1 unspecified atom stereocenters. The molecule has 1 N–H and O–H groups in total. The lowest BCUT2D eigenvalue weighted by Crippen LogP contribution is -2.29. The molecule has 6 nitrogen and oxygen atoms in total. The summed E-state index contributed by atoms with van der Waals surface area (Å²) in [6.45, 7) is 4.96. The van der Waals surface area contributed by atoms with Gasteiger partial charge in [0.15, 0.2) is 0 Å². The Bertz CT molecular complexity index is 904. The Balaban J connectivity index is 1.43. The molecule has 0 aliphatic carbocycles. The molecular weight excluding hydrogens is 390 g/mol. The van der Waals surface area contributed by atoms with E-state index >= 15 is 0 Å². The maximum atomic E-state index is 13.1. The maximum absolute atomic E-state index is 13.1. The molecule has 2 saturated heterocycles. The van der Waals surface area contributed by atoms with E-state index in [0.29, 0.717) is 13.2 Å². The summed E-state index contributed by atoms with van der Waals surface area (Å²) in [6, 6.07) is 15.5. The third-order valence-electron chi connectivity index (χ3n) is 6.06. The van der Waals surface area contributed by atoms with Gasteiger partial charge in [-0.1, -0.05) is 25.0 Å². The number of para-hydroxylation sites is 2. The van der Waals surface area contributed by atoms with E-state index in [0.717, 1.165) is 35.9 Å². The number of hydrogen-bond donors (Lipinski definition) is 1. The van der Waals surface area contributed by atoms with Crippen molar-refractivity contribution in [2.24, 2.45) is 5.92 Å². The summed E-state index contributed by atoms with van der Waals surface area (Å²) in [5.74, 6) is 0.294. The van der Waals surface area contributed by atoms with Gasteiger partial charge in [-0.2, -0.15) is 0 Å². The number of nitrogens with one attached hydrogen (secondary N) is 1. The van der Waals surface area contributed by atoms with E-state index in [1.807, 2.05) is 49.4 Å². The monoisotopic (exact) mass is 421 g/mol. The van der Waals surface area contributed by atoms with E-state index in [2.05, 4.69) is 16.3 Å². The van der Waals surface area contributed by atoms with Crippen molar-refractivity contribution in [3.05, 3.63) is 48.5 Å². The van der Waals surface area contributed by atoms with E-state index in [1.165, 1.54) is 25.7 Å². The summed E-state index contributed by atoms with van der Waals surface area (Å²) in [4.78, 5) is 29.7. The summed E-state index contributed by atoms with van der Waals surface area (Å²) in [5.41, 5.74) is 2.71. The van der Waals surface area contributed by atoms with Crippen LogP contribution in [0.5, 0.6) is 5.75 Å². The fraction of sp³-hybridized carbons (Fsp3) is 0.440. The molecule has 0 radical (unpaired) electrons. The molecule has 1 atom stereocenters. The first kappa shape index (κ1) is 21.2. The Kier molecular flexibility index (Phi) is 6.75. The van der Waals surface area contributed by atoms with Crippen LogP contribution in [0, 0.1) is 5.92 Å². The van der Waals surface area contributed by atoms with Crippen LogP contribution < -0.4 is 19.9 Å². The van der Waals surface area contributed by atoms with Crippen molar-refractivity contribution < 1.29 is 14.3 Å². The zero-order chi connectivity index (χ0) is 21.6. The van der Waals surface area contributed by atoms with Gasteiger partial charge in [0.2, 0.25) is 11.8 Å². The smallest absolute Gasteiger partial charge is 0.229 e. The number of hydrogen-bond acceptors (Lipinski definition) is 4. The van der Waals surface area contributed by atoms with Crippen molar-refractivity contribution in [2.75, 3.05) is 41.4 Å². The molecular formula is C25H31N3O3. The van der Waals surface area contributed by atoms with Crippen LogP contribution in [-0.2, 0) is 9.59 Å². The predicted octanol–water partition coefficient (Wildman–Crippen LogP) is 4.46. The van der Waals surface area contributed by atoms with Gasteiger partial charge in [-0.05, 0) is 56.2 Å². The fourth-order valence-corrected chi connectivity index (χ4v) is 4.42. The number of carbonyl (C=O) groups is 2. The van der Waals surface area contributed by atoms with Gasteiger partial charge in [0.25, 0.3) is 0 Å². The molecule has 6 heteroatoms. The summed E-state index contributed by atoms with van der Waals surface area (Å²) in [5, 5.41) is 3.11. The van der Waals surface area contributed by atoms with Gasteiger partial charge in [0.1, 0.15) is 5.75 Å². The summed E-state index contributed by atoms with van der Waals surface area (Å²) < 4.78 is 5.47. The average Bonchev–Trinajstić information content (AvgIpc) is 2.98. The molecule has 31 heavy (non-hydrogen) atoms. The molecule has 0 aromatic heterocycles. The van der Waals surface area contributed by atoms with E-state index in [9.17, 15) is 9.59 Å². The lowest BCUT2D eigenvalue weighted by Gasteiger charge is -2.26. The van der Waals surface area contributed by atoms with Crippen molar-refractivity contribution >= 4 is 28.9 Å². The molecule has 0 saturated carbocycles. The number of ether oxygens (including phenoxy) is 1. The topological polar surface area (TPSA) is 61.9 Å². The lowest BCUT2D eigenvalue weighted by molar-refractivity contribution is -0.122. The van der Waals surface area contributed by atoms with Crippen LogP contribution in [0.2, 0.25) is 0 Å². The van der Waals surface area contributed by atoms with Gasteiger partial charge in [-0.15, -0.1) is 0 Å². The van der Waals surface area contributed by atoms with E-state index in [1.54, 1.807) is 4.90 Å². The quantitative estimate of drug-likeness (QED) is 0.748. The summed E-state index contributed by atoms with van der Waals surface area (Å²) in [6.07, 6.45) is 5.10. The molecule has 2 aromatic carbocycles. The van der Waals surface area contributed by atoms with E-state index in [-0.39, 0.29) is 24.2 Å². The van der Waals surface area contributed by atoms with Crippen LogP contribution in [0.4, 0.5) is 17.1 Å². The SMILES string of the molecule is CCOc1ccc(N2CC(C(=O)Nc3ccccc3N3CCCCCC3)CC2=O)cc1. The zero-order valence-electron chi connectivity index (χ0n) is 18.2. The van der Waals surface area contributed by atoms with Gasteiger partial charge < -0.3 is 19.9 Å². The number of anilines is 3. The van der Waals surface area contributed by atoms with Crippen LogP contribution in [0.3, 0.4) is 0 Å². The third-order valence-corrected chi connectivity index (χ3v) is 6.06. The fourth-order valence-electron chi connectivity index (χ4n) is 4.42. The molecule has 2 amide bonds. The van der Waals surface area contributed by atoms with Gasteiger partial charge in [-0.25, -0.2) is 0 Å². The summed E-state index contributed by atoms with van der Waals surface area (Å²) >= 11 is 0. The normalized spacial score (nSPS) is 19.3. The Hall–Kier alpha value is -3.02. The molecule has 0 bridgehead atoms. The van der Waals surface area contributed by atoms with Crippen LogP contribution in [0.25, 0.3) is 0 Å². The van der Waals surface area contributed by atoms with Gasteiger partial charge in [-0.3, -0.25) is 9.59 Å². The molecule has 2 heterocycles. The van der Waals surface area contributed by atoms with Gasteiger partial charge in [0, 0.05) is 31.7 Å². The summed E-state index contributed by atoms with van der Waals surface area (Å²) in [7, 11) is 0. The van der Waals surface area contributed by atoms with Crippen molar-refractivity contribution in [3.8, 4) is 5.75 Å². The van der Waals surface area contributed by atoms with Gasteiger partial charge in [0.05, 0.1) is 23.9 Å². The van der Waals surface area contributed by atoms with Crippen molar-refractivity contribution in [2.45, 2.75) is 39.0 Å². The molecule has 2 fully saturated rings. The largest absolute Gasteiger partial charge is 0.494 e. The Labute approximate surface area is 184 Å². The Morgan fingerprint density at radius 2 is 1.74 bits per heavy atom. The molecule has 2 aliphatic rings. The minimum Gasteiger partial charge on any atom is -0.494 e. The Morgan fingerprint density at radius 1 is 1.03 bits per heavy atom. The Morgan fingerprint density at radius 3 is 2.45 bits per heavy atom. The first-order chi connectivity index (χ1) is 15.2. The van der Waals surface area contributed by atoms with Crippen LogP contribution >= 0.6 is 0 Å². The maximum Gasteiger partial charge on any atom is 0.229 e. The number of carbonyl (C=O) groups excluding carboxylic acids is 2. The minimum absolute atomic E-state index is 0.0230.